The Balaban J connectivity index is 2.64. The molecule has 0 bridgehead atoms. The molecule has 1 heteroatoms. The van der Waals surface area contributed by atoms with E-state index >= 15 is 0 Å². The zero-order valence-corrected chi connectivity index (χ0v) is 4.81. The summed E-state index contributed by atoms with van der Waals surface area (Å²) in [4.78, 5) is 0. The molecule has 0 unspecified atom stereocenters. The predicted molar refractivity (Wildman–Crippen MR) is 37.0 cm³/mol. The van der Waals surface area contributed by atoms with Crippen molar-refractivity contribution in [1.82, 2.24) is 5.32 Å². The molecule has 1 nitrogen and oxygen atoms in total. The summed E-state index contributed by atoms with van der Waals surface area (Å²) < 4.78 is 30.2. The van der Waals surface area contributed by atoms with Gasteiger partial charge in [-0.05, 0) is 11.1 Å². The molecule has 9 heavy (non-hydrogen) atoms. The Hall–Kier alpha value is -0.820. The highest BCUT2D eigenvalue weighted by molar-refractivity contribution is 5.29. The highest BCUT2D eigenvalue weighted by atomic mass is 14.9. The van der Waals surface area contributed by atoms with Gasteiger partial charge in [-0.3, -0.25) is 0 Å². The maximum atomic E-state index is 7.54. The fraction of sp³-hybridized carbons (Fsp3) is 0.250. The summed E-state index contributed by atoms with van der Waals surface area (Å²) in [5.41, 5.74) is 0.778. The van der Waals surface area contributed by atoms with E-state index < -0.39 is 13.0 Å². The van der Waals surface area contributed by atoms with Gasteiger partial charge in [0.15, 0.2) is 0 Å². The lowest BCUT2D eigenvalue weighted by Gasteiger charge is -1.91. The highest BCUT2D eigenvalue weighted by Gasteiger charge is 2.06. The molecule has 1 aliphatic heterocycles. The summed E-state index contributed by atoms with van der Waals surface area (Å²) in [5.74, 6) is 0. The van der Waals surface area contributed by atoms with E-state index in [-0.39, 0.29) is 0 Å². The third-order valence-corrected chi connectivity index (χ3v) is 1.32. The van der Waals surface area contributed by atoms with Gasteiger partial charge in [0.05, 0.1) is 0 Å². The first-order valence-corrected chi connectivity index (χ1v) is 2.83. The van der Waals surface area contributed by atoms with Crippen molar-refractivity contribution >= 4 is 0 Å². The van der Waals surface area contributed by atoms with Crippen molar-refractivity contribution in [2.45, 2.75) is 13.0 Å². The zero-order chi connectivity index (χ0) is 9.69. The Bertz CT molecular complexity index is 315. The van der Waals surface area contributed by atoms with Gasteiger partial charge >= 0.3 is 0 Å². The van der Waals surface area contributed by atoms with Crippen LogP contribution < -0.4 is 5.32 Å². The lowest BCUT2D eigenvalue weighted by atomic mass is 10.1. The molecule has 1 aliphatic rings. The highest BCUT2D eigenvalue weighted by Crippen LogP contribution is 2.12. The lowest BCUT2D eigenvalue weighted by molar-refractivity contribution is 0.765. The van der Waals surface area contributed by atoms with Crippen molar-refractivity contribution in [3.8, 4) is 0 Å². The van der Waals surface area contributed by atoms with Crippen molar-refractivity contribution in [2.75, 3.05) is 0 Å². The van der Waals surface area contributed by atoms with Crippen molar-refractivity contribution in [2.24, 2.45) is 0 Å². The minimum Gasteiger partial charge on any atom is -0.309 e. The fourth-order valence-electron chi connectivity index (χ4n) is 0.867. The Morgan fingerprint density at radius 3 is 2.33 bits per heavy atom. The molecule has 2 rings (SSSR count). The minimum atomic E-state index is -1.76. The van der Waals surface area contributed by atoms with Crippen LogP contribution in [0.3, 0.4) is 0 Å². The Kier molecular flexibility index (Phi) is 0.499. The monoisotopic (exact) mass is 123 g/mol. The normalized spacial score (nSPS) is 33.3. The Morgan fingerprint density at radius 2 is 1.78 bits per heavy atom. The number of fused-ring (bicyclic) bond motifs is 1. The fourth-order valence-corrected chi connectivity index (χ4v) is 0.867. The average Bonchev–Trinajstić information content (AvgIpc) is 2.20. The molecular formula is C8H9N. The molecule has 0 spiro atoms. The number of hydrogen-bond acceptors (Lipinski definition) is 1. The summed E-state index contributed by atoms with van der Waals surface area (Å²) in [7, 11) is 0. The first-order valence-electron chi connectivity index (χ1n) is 4.83. The van der Waals surface area contributed by atoms with Crippen molar-refractivity contribution < 1.29 is 5.48 Å². The van der Waals surface area contributed by atoms with E-state index in [2.05, 4.69) is 5.32 Å². The van der Waals surface area contributed by atoms with Crippen LogP contribution in [0.1, 0.15) is 16.6 Å². The average molecular weight is 123 g/mol. The molecule has 0 atom stereocenters. The van der Waals surface area contributed by atoms with Crippen LogP contribution in [0.15, 0.2) is 24.3 Å². The molecule has 0 saturated heterocycles. The van der Waals surface area contributed by atoms with Crippen molar-refractivity contribution in [3.05, 3.63) is 35.4 Å². The van der Waals surface area contributed by atoms with E-state index in [1.54, 1.807) is 24.3 Å². The second-order valence-electron chi connectivity index (χ2n) is 1.92. The third kappa shape index (κ3) is 0.736. The van der Waals surface area contributed by atoms with Gasteiger partial charge in [0, 0.05) is 18.5 Å². The van der Waals surface area contributed by atoms with Gasteiger partial charge in [-0.1, -0.05) is 24.3 Å². The smallest absolute Gasteiger partial charge is 0.0479 e. The molecule has 1 aromatic rings. The zero-order valence-electron chi connectivity index (χ0n) is 8.81. The Labute approximate surface area is 60.3 Å². The number of rotatable bonds is 0. The van der Waals surface area contributed by atoms with E-state index in [9.17, 15) is 0 Å². The topological polar surface area (TPSA) is 12.0 Å². The largest absolute Gasteiger partial charge is 0.309 e. The van der Waals surface area contributed by atoms with Gasteiger partial charge < -0.3 is 5.32 Å². The molecule has 0 saturated carbocycles. The van der Waals surface area contributed by atoms with Gasteiger partial charge in [-0.25, -0.2) is 0 Å². The molecule has 1 aromatic carbocycles. The predicted octanol–water partition coefficient (Wildman–Crippen LogP) is 1.29. The number of benzene rings is 1. The maximum Gasteiger partial charge on any atom is 0.0479 e. The van der Waals surface area contributed by atoms with Crippen LogP contribution in [-0.2, 0) is 13.0 Å². The van der Waals surface area contributed by atoms with Gasteiger partial charge in [0.25, 0.3) is 0 Å². The SMILES string of the molecule is [2H]C1([2H])NC([2H])([2H])c2ccccc21. The van der Waals surface area contributed by atoms with Crippen molar-refractivity contribution in [3.63, 3.8) is 0 Å². The second kappa shape index (κ2) is 1.85. The molecular weight excluding hydrogens is 110 g/mol. The van der Waals surface area contributed by atoms with E-state index in [0.29, 0.717) is 11.1 Å². The molecule has 0 aromatic heterocycles. The molecule has 0 amide bonds. The van der Waals surface area contributed by atoms with E-state index in [1.165, 1.54) is 0 Å². The standard InChI is InChI=1S/C8H9N/c1-2-4-8-6-9-5-7(8)3-1/h1-4,9H,5-6H2/i5D2,6D2. The van der Waals surface area contributed by atoms with Crippen LogP contribution in [0.25, 0.3) is 0 Å². The molecule has 0 radical (unpaired) electrons. The molecule has 46 valence electrons. The minimum absolute atomic E-state index is 0.389. The van der Waals surface area contributed by atoms with Crippen LogP contribution in [0.4, 0.5) is 0 Å². The van der Waals surface area contributed by atoms with Gasteiger partial charge in [0.2, 0.25) is 0 Å². The van der Waals surface area contributed by atoms with Crippen LogP contribution in [-0.4, -0.2) is 0 Å². The molecule has 1 heterocycles. The number of hydrogen-bond donors (Lipinski definition) is 1. The van der Waals surface area contributed by atoms with Crippen LogP contribution in [0.5, 0.6) is 0 Å². The summed E-state index contributed by atoms with van der Waals surface area (Å²) in [6.07, 6.45) is 0. The first kappa shape index (κ1) is 2.43. The van der Waals surface area contributed by atoms with Crippen LogP contribution in [0, 0.1) is 0 Å². The van der Waals surface area contributed by atoms with E-state index in [1.807, 2.05) is 0 Å². The maximum absolute atomic E-state index is 7.54. The quantitative estimate of drug-likeness (QED) is 0.548. The Morgan fingerprint density at radius 1 is 1.22 bits per heavy atom. The number of nitrogens with one attached hydrogen (secondary N) is 1. The molecule has 1 N–H and O–H groups in total. The first-order chi connectivity index (χ1) is 5.93. The van der Waals surface area contributed by atoms with E-state index in [4.69, 9.17) is 5.48 Å². The van der Waals surface area contributed by atoms with E-state index in [0.717, 1.165) is 0 Å². The van der Waals surface area contributed by atoms with Crippen molar-refractivity contribution in [1.29, 1.82) is 0 Å². The van der Waals surface area contributed by atoms with Crippen LogP contribution in [0.2, 0.25) is 0 Å². The second-order valence-corrected chi connectivity index (χ2v) is 1.92. The summed E-state index contributed by atoms with van der Waals surface area (Å²) >= 11 is 0. The lowest BCUT2D eigenvalue weighted by Crippen LogP contribution is -1.99. The third-order valence-electron chi connectivity index (χ3n) is 1.32. The summed E-state index contributed by atoms with van der Waals surface area (Å²) in [6.45, 7) is -3.53. The molecule has 0 aliphatic carbocycles. The van der Waals surface area contributed by atoms with Gasteiger partial charge in [-0.2, -0.15) is 0 Å². The van der Waals surface area contributed by atoms with Crippen LogP contribution >= 0.6 is 0 Å². The van der Waals surface area contributed by atoms with Gasteiger partial charge in [-0.15, -0.1) is 0 Å². The summed E-state index contributed by atoms with van der Waals surface area (Å²) in [6, 6.07) is 6.62. The molecule has 0 fully saturated rings. The van der Waals surface area contributed by atoms with Gasteiger partial charge in [0.1, 0.15) is 0 Å². The summed E-state index contributed by atoms with van der Waals surface area (Å²) in [5, 5.41) is 2.30.